The first kappa shape index (κ1) is 17.5. The second-order valence-corrected chi connectivity index (χ2v) is 7.67. The van der Waals surface area contributed by atoms with E-state index in [1.165, 1.54) is 24.3 Å². The van der Waals surface area contributed by atoms with Crippen LogP contribution in [-0.2, 0) is 14.6 Å². The Morgan fingerprint density at radius 3 is 2.17 bits per heavy atom. The molecule has 23 heavy (non-hydrogen) atoms. The molecule has 0 amide bonds. The zero-order chi connectivity index (χ0) is 16.9. The third kappa shape index (κ3) is 5.37. The summed E-state index contributed by atoms with van der Waals surface area (Å²) in [6.45, 7) is 0.331. The molecular formula is C16H15BrO5S. The van der Waals surface area contributed by atoms with Crippen molar-refractivity contribution in [2.24, 2.45) is 0 Å². The lowest BCUT2D eigenvalue weighted by Crippen LogP contribution is -2.12. The van der Waals surface area contributed by atoms with Gasteiger partial charge in [-0.25, -0.2) is 13.2 Å². The van der Waals surface area contributed by atoms with Crippen LogP contribution in [0.2, 0.25) is 0 Å². The van der Waals surface area contributed by atoms with E-state index in [9.17, 15) is 13.2 Å². The first-order valence-electron chi connectivity index (χ1n) is 6.72. The van der Waals surface area contributed by atoms with E-state index in [0.29, 0.717) is 11.3 Å². The van der Waals surface area contributed by atoms with Crippen LogP contribution in [-0.4, -0.2) is 33.9 Å². The Hall–Kier alpha value is -1.86. The minimum absolute atomic E-state index is 0.0999. The molecule has 5 nitrogen and oxygen atoms in total. The van der Waals surface area contributed by atoms with Crippen molar-refractivity contribution in [2.75, 3.05) is 19.5 Å². The second kappa shape index (κ2) is 7.61. The lowest BCUT2D eigenvalue weighted by Gasteiger charge is -2.08. The molecule has 2 aromatic rings. The van der Waals surface area contributed by atoms with Crippen molar-refractivity contribution in [1.29, 1.82) is 0 Å². The van der Waals surface area contributed by atoms with Crippen LogP contribution in [0, 0.1) is 0 Å². The molecule has 0 aliphatic rings. The monoisotopic (exact) mass is 398 g/mol. The van der Waals surface area contributed by atoms with Gasteiger partial charge in [-0.05, 0) is 48.5 Å². The van der Waals surface area contributed by atoms with Gasteiger partial charge >= 0.3 is 5.97 Å². The summed E-state index contributed by atoms with van der Waals surface area (Å²) in [5.41, 5.74) is 0.293. The molecule has 7 heteroatoms. The van der Waals surface area contributed by atoms with Gasteiger partial charge in [-0.3, -0.25) is 0 Å². The number of esters is 1. The highest BCUT2D eigenvalue weighted by Crippen LogP contribution is 2.16. The number of carbonyl (C=O) groups is 1. The SMILES string of the molecule is CS(=O)(=O)c1ccc(C(=O)OCCOc2ccc(Br)cc2)cc1. The Morgan fingerprint density at radius 2 is 1.61 bits per heavy atom. The number of ether oxygens (including phenoxy) is 2. The van der Waals surface area contributed by atoms with Crippen molar-refractivity contribution < 1.29 is 22.7 Å². The summed E-state index contributed by atoms with van der Waals surface area (Å²) in [6.07, 6.45) is 1.11. The summed E-state index contributed by atoms with van der Waals surface area (Å²) in [7, 11) is -3.28. The van der Waals surface area contributed by atoms with Crippen LogP contribution in [0.1, 0.15) is 10.4 Å². The molecule has 0 unspecified atom stereocenters. The van der Waals surface area contributed by atoms with Crippen LogP contribution in [0.15, 0.2) is 57.9 Å². The maximum atomic E-state index is 11.8. The fraction of sp³-hybridized carbons (Fsp3) is 0.188. The van der Waals surface area contributed by atoms with Crippen LogP contribution < -0.4 is 4.74 Å². The van der Waals surface area contributed by atoms with Gasteiger partial charge in [-0.2, -0.15) is 0 Å². The normalized spacial score (nSPS) is 11.0. The van der Waals surface area contributed by atoms with Gasteiger partial charge in [0.2, 0.25) is 0 Å². The van der Waals surface area contributed by atoms with Crippen molar-refractivity contribution in [3.63, 3.8) is 0 Å². The highest BCUT2D eigenvalue weighted by molar-refractivity contribution is 9.10. The molecule has 0 fully saturated rings. The number of rotatable bonds is 6. The average Bonchev–Trinajstić information content (AvgIpc) is 2.52. The maximum absolute atomic E-state index is 11.8. The van der Waals surface area contributed by atoms with Gasteiger partial charge in [0.25, 0.3) is 0 Å². The zero-order valence-electron chi connectivity index (χ0n) is 12.4. The molecule has 122 valence electrons. The number of hydrogen-bond donors (Lipinski definition) is 0. The molecule has 0 saturated carbocycles. The fourth-order valence-electron chi connectivity index (χ4n) is 1.75. The standard InChI is InChI=1S/C16H15BrO5S/c1-23(19,20)15-8-2-12(3-9-15)16(18)22-11-10-21-14-6-4-13(17)5-7-14/h2-9H,10-11H2,1H3. The van der Waals surface area contributed by atoms with Crippen molar-refractivity contribution in [3.8, 4) is 5.75 Å². The molecule has 0 heterocycles. The molecule has 0 aliphatic heterocycles. The molecule has 0 aromatic heterocycles. The smallest absolute Gasteiger partial charge is 0.338 e. The van der Waals surface area contributed by atoms with E-state index in [0.717, 1.165) is 10.7 Å². The van der Waals surface area contributed by atoms with Gasteiger partial charge in [0.05, 0.1) is 10.5 Å². The van der Waals surface area contributed by atoms with Crippen LogP contribution in [0.25, 0.3) is 0 Å². The Labute approximate surface area is 143 Å². The van der Waals surface area contributed by atoms with E-state index >= 15 is 0 Å². The lowest BCUT2D eigenvalue weighted by atomic mass is 10.2. The number of benzene rings is 2. The second-order valence-electron chi connectivity index (χ2n) is 4.73. The van der Waals surface area contributed by atoms with Crippen LogP contribution in [0.3, 0.4) is 0 Å². The zero-order valence-corrected chi connectivity index (χ0v) is 14.8. The topological polar surface area (TPSA) is 69.7 Å². The summed E-state index contributed by atoms with van der Waals surface area (Å²) in [6, 6.07) is 12.9. The highest BCUT2D eigenvalue weighted by atomic mass is 79.9. The summed E-state index contributed by atoms with van der Waals surface area (Å²) < 4.78 is 34.2. The quantitative estimate of drug-likeness (QED) is 0.552. The van der Waals surface area contributed by atoms with E-state index in [1.54, 1.807) is 12.1 Å². The van der Waals surface area contributed by atoms with Crippen LogP contribution >= 0.6 is 15.9 Å². The van der Waals surface area contributed by atoms with Gasteiger partial charge in [0.1, 0.15) is 19.0 Å². The highest BCUT2D eigenvalue weighted by Gasteiger charge is 2.10. The molecule has 0 atom stereocenters. The minimum atomic E-state index is -3.28. The van der Waals surface area contributed by atoms with E-state index < -0.39 is 15.8 Å². The largest absolute Gasteiger partial charge is 0.490 e. The third-order valence-corrected chi connectivity index (χ3v) is 4.57. The number of sulfone groups is 1. The lowest BCUT2D eigenvalue weighted by molar-refractivity contribution is 0.0450. The van der Waals surface area contributed by atoms with Crippen molar-refractivity contribution >= 4 is 31.7 Å². The number of carbonyl (C=O) groups excluding carboxylic acids is 1. The Balaban J connectivity index is 1.81. The molecular weight excluding hydrogens is 384 g/mol. The Morgan fingerprint density at radius 1 is 1.00 bits per heavy atom. The van der Waals surface area contributed by atoms with E-state index in [2.05, 4.69) is 15.9 Å². The predicted octanol–water partition coefficient (Wildman–Crippen LogP) is 3.09. The number of hydrogen-bond acceptors (Lipinski definition) is 5. The molecule has 0 aliphatic carbocycles. The molecule has 0 bridgehead atoms. The summed E-state index contributed by atoms with van der Waals surface area (Å²) in [5.74, 6) is 0.159. The molecule has 0 saturated heterocycles. The minimum Gasteiger partial charge on any atom is -0.490 e. The first-order chi connectivity index (χ1) is 10.9. The van der Waals surface area contributed by atoms with Crippen LogP contribution in [0.4, 0.5) is 0 Å². The molecule has 0 spiro atoms. The molecule has 2 aromatic carbocycles. The van der Waals surface area contributed by atoms with Gasteiger partial charge in [-0.1, -0.05) is 15.9 Å². The summed E-state index contributed by atoms with van der Waals surface area (Å²) in [5, 5.41) is 0. The summed E-state index contributed by atoms with van der Waals surface area (Å²) in [4.78, 5) is 12.0. The summed E-state index contributed by atoms with van der Waals surface area (Å²) >= 11 is 3.33. The van der Waals surface area contributed by atoms with Crippen molar-refractivity contribution in [2.45, 2.75) is 4.90 Å². The van der Waals surface area contributed by atoms with Gasteiger partial charge in [0.15, 0.2) is 9.84 Å². The number of halogens is 1. The predicted molar refractivity (Wildman–Crippen MR) is 89.5 cm³/mol. The molecule has 0 N–H and O–H groups in total. The third-order valence-electron chi connectivity index (χ3n) is 2.92. The first-order valence-corrected chi connectivity index (χ1v) is 9.40. The van der Waals surface area contributed by atoms with E-state index in [-0.39, 0.29) is 18.1 Å². The van der Waals surface area contributed by atoms with Crippen molar-refractivity contribution in [3.05, 3.63) is 58.6 Å². The Bertz CT molecular complexity index is 767. The van der Waals surface area contributed by atoms with Crippen LogP contribution in [0.5, 0.6) is 5.75 Å². The fourth-order valence-corrected chi connectivity index (χ4v) is 2.64. The molecule has 2 rings (SSSR count). The van der Waals surface area contributed by atoms with Gasteiger partial charge in [-0.15, -0.1) is 0 Å². The Kier molecular flexibility index (Phi) is 5.79. The van der Waals surface area contributed by atoms with E-state index in [1.807, 2.05) is 12.1 Å². The van der Waals surface area contributed by atoms with Gasteiger partial charge < -0.3 is 9.47 Å². The maximum Gasteiger partial charge on any atom is 0.338 e. The van der Waals surface area contributed by atoms with E-state index in [4.69, 9.17) is 9.47 Å². The van der Waals surface area contributed by atoms with Gasteiger partial charge in [0, 0.05) is 10.7 Å². The van der Waals surface area contributed by atoms with Crippen molar-refractivity contribution in [1.82, 2.24) is 0 Å². The average molecular weight is 399 g/mol. The molecule has 0 radical (unpaired) electrons.